The first kappa shape index (κ1) is 25.0. The molecule has 9 nitrogen and oxygen atoms in total. The molecule has 0 saturated heterocycles. The van der Waals surface area contributed by atoms with Gasteiger partial charge in [0, 0.05) is 29.0 Å². The zero-order chi connectivity index (χ0) is 26.5. The number of amides is 2. The van der Waals surface area contributed by atoms with Gasteiger partial charge in [0.25, 0.3) is 5.91 Å². The molecule has 0 spiro atoms. The van der Waals surface area contributed by atoms with Crippen LogP contribution in [0.2, 0.25) is 0 Å². The van der Waals surface area contributed by atoms with E-state index in [0.717, 1.165) is 18.9 Å². The van der Waals surface area contributed by atoms with Crippen LogP contribution in [0, 0.1) is 5.92 Å². The fourth-order valence-electron chi connectivity index (χ4n) is 4.39. The third-order valence-corrected chi connectivity index (χ3v) is 6.61. The van der Waals surface area contributed by atoms with Crippen molar-refractivity contribution in [2.45, 2.75) is 56.9 Å². The molecule has 2 aliphatic rings. The highest BCUT2D eigenvalue weighted by Crippen LogP contribution is 2.37. The van der Waals surface area contributed by atoms with Crippen molar-refractivity contribution >= 4 is 22.7 Å². The first-order valence-corrected chi connectivity index (χ1v) is 12.0. The van der Waals surface area contributed by atoms with E-state index in [1.54, 1.807) is 13.0 Å². The molecule has 4 N–H and O–H groups in total. The van der Waals surface area contributed by atoms with Crippen molar-refractivity contribution < 1.29 is 31.9 Å². The van der Waals surface area contributed by atoms with Crippen LogP contribution in [0.4, 0.5) is 13.2 Å². The summed E-state index contributed by atoms with van der Waals surface area (Å²) in [6, 6.07) is 4.39. The van der Waals surface area contributed by atoms with Crippen molar-refractivity contribution in [1.82, 2.24) is 20.6 Å². The molecular weight excluding hydrogens is 491 g/mol. The zero-order valence-electron chi connectivity index (χ0n) is 20.2. The van der Waals surface area contributed by atoms with E-state index in [1.807, 2.05) is 0 Å². The van der Waals surface area contributed by atoms with Gasteiger partial charge in [-0.15, -0.1) is 0 Å². The number of carbonyl (C=O) groups excluding carboxylic acids is 2. The molecule has 3 aromatic rings. The van der Waals surface area contributed by atoms with E-state index in [9.17, 15) is 22.8 Å². The third-order valence-electron chi connectivity index (χ3n) is 6.61. The summed E-state index contributed by atoms with van der Waals surface area (Å²) in [6.45, 7) is 1.64. The molecule has 12 heteroatoms. The Labute approximate surface area is 210 Å². The van der Waals surface area contributed by atoms with Gasteiger partial charge in [0.15, 0.2) is 11.5 Å². The molecule has 196 valence electrons. The van der Waals surface area contributed by atoms with Crippen LogP contribution >= 0.6 is 0 Å². The second-order valence-corrected chi connectivity index (χ2v) is 9.55. The van der Waals surface area contributed by atoms with Crippen LogP contribution in [0.5, 0.6) is 5.75 Å². The highest BCUT2D eigenvalue weighted by atomic mass is 19.4. The largest absolute Gasteiger partial charge is 0.494 e. The molecule has 2 saturated carbocycles. The Morgan fingerprint density at radius 2 is 1.81 bits per heavy atom. The number of nitrogens with zero attached hydrogens (tertiary/aromatic N) is 2. The maximum Gasteiger partial charge on any atom is 0.433 e. The van der Waals surface area contributed by atoms with Crippen molar-refractivity contribution in [3.05, 3.63) is 41.4 Å². The fraction of sp³-hybridized carbons (Fsp3) is 0.440. The van der Waals surface area contributed by atoms with Crippen LogP contribution in [-0.2, 0) is 11.0 Å². The van der Waals surface area contributed by atoms with Gasteiger partial charge in [0.05, 0.1) is 13.2 Å². The van der Waals surface area contributed by atoms with Gasteiger partial charge in [-0.3, -0.25) is 9.59 Å². The number of benzene rings is 1. The number of fused-ring (bicyclic) bond motifs is 1. The SMILES string of the molecule is COc1ccc(-c2nc(C(=O)N[C@H]3C[C@@H](NC(=O)C4CC4)C3)c([C@H](C)N)o2)c2ccc(C(F)(F)F)nc12. The minimum Gasteiger partial charge on any atom is -0.494 e. The number of rotatable bonds is 7. The summed E-state index contributed by atoms with van der Waals surface area (Å²) < 4.78 is 50.8. The Morgan fingerprint density at radius 3 is 2.43 bits per heavy atom. The normalized spacial score (nSPS) is 20.3. The molecule has 0 unspecified atom stereocenters. The predicted molar refractivity (Wildman–Crippen MR) is 127 cm³/mol. The van der Waals surface area contributed by atoms with Gasteiger partial charge in [-0.1, -0.05) is 0 Å². The quantitative estimate of drug-likeness (QED) is 0.435. The van der Waals surface area contributed by atoms with E-state index in [1.165, 1.54) is 19.2 Å². The summed E-state index contributed by atoms with van der Waals surface area (Å²) >= 11 is 0. The number of halogens is 3. The van der Waals surface area contributed by atoms with Crippen LogP contribution in [0.15, 0.2) is 28.7 Å². The Kier molecular flexibility index (Phi) is 6.30. The Hall–Kier alpha value is -3.67. The highest BCUT2D eigenvalue weighted by Gasteiger charge is 2.37. The number of carbonyl (C=O) groups is 2. The number of hydrogen-bond acceptors (Lipinski definition) is 7. The summed E-state index contributed by atoms with van der Waals surface area (Å²) in [7, 11) is 1.33. The molecule has 2 fully saturated rings. The minimum absolute atomic E-state index is 0.000644. The van der Waals surface area contributed by atoms with E-state index in [2.05, 4.69) is 20.6 Å². The van der Waals surface area contributed by atoms with Crippen molar-refractivity contribution in [3.63, 3.8) is 0 Å². The summed E-state index contributed by atoms with van der Waals surface area (Å²) in [5, 5.41) is 6.19. The lowest BCUT2D eigenvalue weighted by Gasteiger charge is -2.36. The Balaban J connectivity index is 1.40. The molecule has 0 bridgehead atoms. The van der Waals surface area contributed by atoms with Gasteiger partial charge in [-0.05, 0) is 56.9 Å². The van der Waals surface area contributed by atoms with E-state index < -0.39 is 23.8 Å². The third kappa shape index (κ3) is 4.97. The topological polar surface area (TPSA) is 132 Å². The minimum atomic E-state index is -4.63. The lowest BCUT2D eigenvalue weighted by molar-refractivity contribution is -0.141. The van der Waals surface area contributed by atoms with Crippen LogP contribution < -0.4 is 21.1 Å². The molecule has 5 rings (SSSR count). The molecule has 2 aliphatic carbocycles. The molecule has 2 amide bonds. The average Bonchev–Trinajstić information content (AvgIpc) is 3.59. The van der Waals surface area contributed by atoms with E-state index in [-0.39, 0.29) is 52.5 Å². The van der Waals surface area contributed by atoms with Gasteiger partial charge < -0.3 is 25.5 Å². The maximum absolute atomic E-state index is 13.3. The maximum atomic E-state index is 13.3. The summed E-state index contributed by atoms with van der Waals surface area (Å²) in [6.07, 6.45) is -1.56. The average molecular weight is 518 g/mol. The van der Waals surface area contributed by atoms with Crippen LogP contribution in [0.25, 0.3) is 22.4 Å². The number of alkyl halides is 3. The number of pyridine rings is 1. The summed E-state index contributed by atoms with van der Waals surface area (Å²) in [5.41, 5.74) is 5.29. The highest BCUT2D eigenvalue weighted by molar-refractivity contribution is 5.98. The van der Waals surface area contributed by atoms with Gasteiger partial charge >= 0.3 is 6.18 Å². The van der Waals surface area contributed by atoms with Crippen molar-refractivity contribution in [1.29, 1.82) is 0 Å². The second kappa shape index (κ2) is 9.33. The number of ether oxygens (including phenoxy) is 1. The second-order valence-electron chi connectivity index (χ2n) is 9.55. The van der Waals surface area contributed by atoms with E-state index in [4.69, 9.17) is 14.9 Å². The molecule has 1 atom stereocenters. The summed E-state index contributed by atoms with van der Waals surface area (Å²) in [5.74, 6) is 0.0348. The lowest BCUT2D eigenvalue weighted by atomic mass is 9.86. The molecule has 37 heavy (non-hydrogen) atoms. The molecule has 0 aliphatic heterocycles. The van der Waals surface area contributed by atoms with Gasteiger partial charge in [0.1, 0.15) is 17.0 Å². The first-order chi connectivity index (χ1) is 17.5. The number of methoxy groups -OCH3 is 1. The van der Waals surface area contributed by atoms with E-state index in [0.29, 0.717) is 23.8 Å². The zero-order valence-corrected chi connectivity index (χ0v) is 20.2. The number of hydrogen-bond donors (Lipinski definition) is 3. The number of oxazole rings is 1. The van der Waals surface area contributed by atoms with Crippen molar-refractivity contribution in [3.8, 4) is 17.2 Å². The summed E-state index contributed by atoms with van der Waals surface area (Å²) in [4.78, 5) is 33.1. The van der Waals surface area contributed by atoms with E-state index >= 15 is 0 Å². The first-order valence-electron chi connectivity index (χ1n) is 12.0. The fourth-order valence-corrected chi connectivity index (χ4v) is 4.39. The number of nitrogens with two attached hydrogens (primary N) is 1. The Bertz CT molecular complexity index is 1360. The van der Waals surface area contributed by atoms with Crippen LogP contribution in [0.3, 0.4) is 0 Å². The van der Waals surface area contributed by atoms with Crippen LogP contribution in [-0.4, -0.2) is 41.0 Å². The number of aromatic nitrogens is 2. The van der Waals surface area contributed by atoms with Gasteiger partial charge in [-0.25, -0.2) is 9.97 Å². The molecule has 2 aromatic heterocycles. The van der Waals surface area contributed by atoms with Gasteiger partial charge in [-0.2, -0.15) is 13.2 Å². The predicted octanol–water partition coefficient (Wildman–Crippen LogP) is 3.72. The Morgan fingerprint density at radius 1 is 1.11 bits per heavy atom. The van der Waals surface area contributed by atoms with Crippen molar-refractivity contribution in [2.75, 3.05) is 7.11 Å². The molecule has 0 radical (unpaired) electrons. The monoisotopic (exact) mass is 517 g/mol. The van der Waals surface area contributed by atoms with Crippen LogP contribution in [0.1, 0.15) is 60.6 Å². The standard InChI is InChI=1S/C25H26F3N5O4/c1-11(29)21-20(23(35)31-14-9-13(10-14)30-22(34)12-3-4-12)33-24(37-21)16-5-7-17(36-2)19-15(16)6-8-18(32-19)25(26,27)28/h5-8,11-14H,3-4,9-10,29H2,1-2H3,(H,30,34)(H,31,35)/t11-,13-,14+/m0/s1. The smallest absolute Gasteiger partial charge is 0.433 e. The van der Waals surface area contributed by atoms with Crippen molar-refractivity contribution in [2.24, 2.45) is 11.7 Å². The molecule has 2 heterocycles. The molecule has 1 aromatic carbocycles. The van der Waals surface area contributed by atoms with Gasteiger partial charge in [0.2, 0.25) is 11.8 Å². The molecular formula is C25H26F3N5O4. The number of nitrogens with one attached hydrogen (secondary N) is 2. The lowest BCUT2D eigenvalue weighted by Crippen LogP contribution is -2.54.